The lowest BCUT2D eigenvalue weighted by Crippen LogP contribution is -2.39. The van der Waals surface area contributed by atoms with Crippen molar-refractivity contribution in [1.82, 2.24) is 34.8 Å². The Kier molecular flexibility index (Phi) is 7.60. The fraction of sp³-hybridized carbons (Fsp3) is 0.379. The Hall–Kier alpha value is -3.32. The van der Waals surface area contributed by atoms with E-state index in [1.54, 1.807) is 21.8 Å². The zero-order valence-electron chi connectivity index (χ0n) is 23.8. The molecule has 4 aromatic rings. The Bertz CT molecular complexity index is 1840. The van der Waals surface area contributed by atoms with Crippen molar-refractivity contribution in [2.45, 2.75) is 50.6 Å². The molecule has 1 fully saturated rings. The standard InChI is InChI=1S/C29H30Cl2FN7O3S/c1-16-26-23(27(38(2)35-26)18-10-19(13-20(30)11-18)29(7-8-29)36-43(3,41)42)6-9-39(16)28(40)24-14-21(32)12-17(25(24)31)4-5-22-15-33-37-34-22/h10-16,36H,4-9H2,1-3H3,(H,33,34,37)/t16-/m1/s1. The number of aromatic nitrogens is 5. The first-order valence-corrected chi connectivity index (χ1v) is 16.5. The van der Waals surface area contributed by atoms with Gasteiger partial charge < -0.3 is 4.90 Å². The molecule has 2 N–H and O–H groups in total. The molecule has 1 aliphatic heterocycles. The summed E-state index contributed by atoms with van der Waals surface area (Å²) in [5.41, 5.74) is 4.85. The fourth-order valence-corrected chi connectivity index (χ4v) is 7.61. The lowest BCUT2D eigenvalue weighted by molar-refractivity contribution is 0.0673. The molecule has 10 nitrogen and oxygen atoms in total. The zero-order chi connectivity index (χ0) is 30.7. The van der Waals surface area contributed by atoms with Crippen LogP contribution in [-0.2, 0) is 41.9 Å². The third-order valence-electron chi connectivity index (χ3n) is 8.22. The smallest absolute Gasteiger partial charge is 0.256 e. The van der Waals surface area contributed by atoms with E-state index in [1.807, 2.05) is 26.1 Å². The molecule has 3 heterocycles. The van der Waals surface area contributed by atoms with Gasteiger partial charge in [0.05, 0.1) is 51.7 Å². The van der Waals surface area contributed by atoms with Gasteiger partial charge in [0.25, 0.3) is 5.91 Å². The number of nitrogens with zero attached hydrogens (tertiary/aromatic N) is 5. The van der Waals surface area contributed by atoms with Crippen LogP contribution in [0.3, 0.4) is 0 Å². The average Bonchev–Trinajstić information content (AvgIpc) is 3.34. The average molecular weight is 647 g/mol. The van der Waals surface area contributed by atoms with Crippen molar-refractivity contribution in [2.75, 3.05) is 12.8 Å². The molecule has 1 aliphatic carbocycles. The van der Waals surface area contributed by atoms with Crippen LogP contribution in [0.25, 0.3) is 11.3 Å². The second-order valence-corrected chi connectivity index (χ2v) is 13.9. The van der Waals surface area contributed by atoms with Gasteiger partial charge in [-0.25, -0.2) is 17.5 Å². The molecular formula is C29H30Cl2FN7O3S. The number of carbonyl (C=O) groups excluding carboxylic acids is 1. The first kappa shape index (κ1) is 29.7. The van der Waals surface area contributed by atoms with E-state index in [1.165, 1.54) is 12.1 Å². The highest BCUT2D eigenvalue weighted by atomic mass is 35.5. The van der Waals surface area contributed by atoms with Gasteiger partial charge in [-0.1, -0.05) is 23.2 Å². The Labute approximate surface area is 258 Å². The Morgan fingerprint density at radius 3 is 2.63 bits per heavy atom. The molecule has 14 heteroatoms. The van der Waals surface area contributed by atoms with Crippen molar-refractivity contribution in [2.24, 2.45) is 7.05 Å². The number of rotatable bonds is 8. The van der Waals surface area contributed by atoms with Gasteiger partial charge in [0, 0.05) is 29.7 Å². The summed E-state index contributed by atoms with van der Waals surface area (Å²) in [6.07, 6.45) is 5.51. The predicted molar refractivity (Wildman–Crippen MR) is 161 cm³/mol. The Balaban J connectivity index is 1.29. The molecule has 1 atom stereocenters. The summed E-state index contributed by atoms with van der Waals surface area (Å²) < 4.78 is 43.3. The number of nitrogens with one attached hydrogen (secondary N) is 2. The maximum atomic E-state index is 14.7. The molecule has 1 amide bonds. The molecule has 2 aliphatic rings. The number of H-pyrrole nitrogens is 1. The van der Waals surface area contributed by atoms with E-state index < -0.39 is 27.4 Å². The molecule has 0 saturated heterocycles. The van der Waals surface area contributed by atoms with Gasteiger partial charge in [-0.3, -0.25) is 9.48 Å². The third-order valence-corrected chi connectivity index (χ3v) is 9.64. The number of amides is 1. The number of hydrogen-bond donors (Lipinski definition) is 2. The highest BCUT2D eigenvalue weighted by Gasteiger charge is 2.47. The maximum Gasteiger partial charge on any atom is 0.256 e. The molecule has 0 spiro atoms. The molecular weight excluding hydrogens is 616 g/mol. The summed E-state index contributed by atoms with van der Waals surface area (Å²) in [7, 11) is -1.59. The minimum atomic E-state index is -3.42. The molecule has 0 bridgehead atoms. The third kappa shape index (κ3) is 5.81. The molecule has 0 radical (unpaired) electrons. The number of halogens is 3. The zero-order valence-corrected chi connectivity index (χ0v) is 26.1. The first-order chi connectivity index (χ1) is 20.3. The number of aryl methyl sites for hydroxylation is 3. The van der Waals surface area contributed by atoms with E-state index in [2.05, 4.69) is 20.1 Å². The molecule has 2 aromatic carbocycles. The summed E-state index contributed by atoms with van der Waals surface area (Å²) >= 11 is 13.2. The van der Waals surface area contributed by atoms with Crippen LogP contribution in [0.1, 0.15) is 64.2 Å². The minimum Gasteiger partial charge on any atom is -0.330 e. The molecule has 6 rings (SSSR count). The fourth-order valence-electron chi connectivity index (χ4n) is 6.06. The SMILES string of the molecule is C[C@@H]1c2nn(C)c(-c3cc(Cl)cc(C4(NS(C)(=O)=O)CC4)c3)c2CCN1C(=O)c1cc(F)cc(CCc2cn[nH]n2)c1Cl. The number of sulfonamides is 1. The Morgan fingerprint density at radius 2 is 1.95 bits per heavy atom. The number of benzene rings is 2. The summed E-state index contributed by atoms with van der Waals surface area (Å²) in [4.78, 5) is 15.5. The highest BCUT2D eigenvalue weighted by Crippen LogP contribution is 2.48. The van der Waals surface area contributed by atoms with E-state index in [9.17, 15) is 17.6 Å². The van der Waals surface area contributed by atoms with Crippen molar-refractivity contribution >= 4 is 39.1 Å². The molecule has 43 heavy (non-hydrogen) atoms. The molecule has 1 saturated carbocycles. The van der Waals surface area contributed by atoms with Crippen LogP contribution in [-0.4, -0.2) is 57.2 Å². The molecule has 2 aromatic heterocycles. The van der Waals surface area contributed by atoms with E-state index in [-0.39, 0.29) is 16.5 Å². The summed E-state index contributed by atoms with van der Waals surface area (Å²) in [5, 5.41) is 15.9. The topological polar surface area (TPSA) is 126 Å². The monoisotopic (exact) mass is 645 g/mol. The first-order valence-electron chi connectivity index (χ1n) is 13.8. The van der Waals surface area contributed by atoms with E-state index in [0.29, 0.717) is 54.9 Å². The number of aromatic amines is 1. The van der Waals surface area contributed by atoms with E-state index in [0.717, 1.165) is 34.3 Å². The highest BCUT2D eigenvalue weighted by molar-refractivity contribution is 7.88. The quantitative estimate of drug-likeness (QED) is 0.285. The van der Waals surface area contributed by atoms with Crippen LogP contribution in [0, 0.1) is 5.82 Å². The minimum absolute atomic E-state index is 0.107. The van der Waals surface area contributed by atoms with Gasteiger partial charge in [0.2, 0.25) is 10.0 Å². The van der Waals surface area contributed by atoms with E-state index in [4.69, 9.17) is 28.3 Å². The molecule has 0 unspecified atom stereocenters. The lowest BCUT2D eigenvalue weighted by atomic mass is 9.93. The summed E-state index contributed by atoms with van der Waals surface area (Å²) in [5.74, 6) is -0.908. The maximum absolute atomic E-state index is 14.7. The summed E-state index contributed by atoms with van der Waals surface area (Å²) in [6.45, 7) is 2.27. The predicted octanol–water partition coefficient (Wildman–Crippen LogP) is 4.73. The van der Waals surface area contributed by atoms with Crippen LogP contribution in [0.4, 0.5) is 4.39 Å². The Morgan fingerprint density at radius 1 is 1.19 bits per heavy atom. The van der Waals surface area contributed by atoms with Crippen molar-refractivity contribution in [3.8, 4) is 11.3 Å². The van der Waals surface area contributed by atoms with Crippen LogP contribution in [0.5, 0.6) is 0 Å². The summed E-state index contributed by atoms with van der Waals surface area (Å²) in [6, 6.07) is 7.72. The second-order valence-electron chi connectivity index (χ2n) is 11.3. The number of fused-ring (bicyclic) bond motifs is 1. The van der Waals surface area contributed by atoms with E-state index >= 15 is 0 Å². The van der Waals surface area contributed by atoms with Gasteiger partial charge in [-0.15, -0.1) is 0 Å². The normalized spacial score (nSPS) is 17.6. The van der Waals surface area contributed by atoms with Crippen molar-refractivity contribution < 1.29 is 17.6 Å². The second kappa shape index (κ2) is 11.0. The van der Waals surface area contributed by atoms with Gasteiger partial charge >= 0.3 is 0 Å². The van der Waals surface area contributed by atoms with Crippen molar-refractivity contribution in [1.29, 1.82) is 0 Å². The van der Waals surface area contributed by atoms with Crippen LogP contribution in [0.15, 0.2) is 36.5 Å². The van der Waals surface area contributed by atoms with Gasteiger partial charge in [-0.2, -0.15) is 20.5 Å². The van der Waals surface area contributed by atoms with Crippen LogP contribution >= 0.6 is 23.2 Å². The van der Waals surface area contributed by atoms with Gasteiger partial charge in [-0.05, 0) is 80.5 Å². The molecule has 226 valence electrons. The van der Waals surface area contributed by atoms with Gasteiger partial charge in [0.1, 0.15) is 5.82 Å². The van der Waals surface area contributed by atoms with Crippen molar-refractivity contribution in [3.63, 3.8) is 0 Å². The lowest BCUT2D eigenvalue weighted by Gasteiger charge is -2.33. The van der Waals surface area contributed by atoms with Crippen molar-refractivity contribution in [3.05, 3.63) is 86.0 Å². The number of carbonyl (C=O) groups is 1. The largest absolute Gasteiger partial charge is 0.330 e. The van der Waals surface area contributed by atoms with Crippen LogP contribution in [0.2, 0.25) is 10.0 Å². The number of hydrogen-bond acceptors (Lipinski definition) is 6. The van der Waals surface area contributed by atoms with Gasteiger partial charge in [0.15, 0.2) is 0 Å². The van der Waals surface area contributed by atoms with Crippen LogP contribution < -0.4 is 4.72 Å².